The Hall–Kier alpha value is -2.85. The van der Waals surface area contributed by atoms with Crippen LogP contribution in [0.15, 0.2) is 53.1 Å². The molecule has 0 saturated carbocycles. The SMILES string of the molecule is Cc1onc(C(=O)N2CCN(C(c3ccc(Cl)cc3)c3ccc(Cl)cc3)CC2)c1C#N. The van der Waals surface area contributed by atoms with Crippen LogP contribution in [0.3, 0.4) is 0 Å². The maximum absolute atomic E-state index is 12.9. The predicted octanol–water partition coefficient (Wildman–Crippen LogP) is 4.71. The molecule has 0 unspecified atom stereocenters. The van der Waals surface area contributed by atoms with E-state index in [9.17, 15) is 10.1 Å². The van der Waals surface area contributed by atoms with Crippen molar-refractivity contribution in [2.75, 3.05) is 26.2 Å². The van der Waals surface area contributed by atoms with Crippen LogP contribution in [0.2, 0.25) is 10.0 Å². The summed E-state index contributed by atoms with van der Waals surface area (Å²) in [5, 5.41) is 14.5. The van der Waals surface area contributed by atoms with Crippen LogP contribution in [0, 0.1) is 18.3 Å². The number of nitrogens with zero attached hydrogens (tertiary/aromatic N) is 4. The minimum absolute atomic E-state index is 0.00995. The van der Waals surface area contributed by atoms with Crippen LogP contribution >= 0.6 is 23.2 Å². The van der Waals surface area contributed by atoms with Crippen molar-refractivity contribution in [3.05, 3.63) is 86.7 Å². The summed E-state index contributed by atoms with van der Waals surface area (Å²) in [7, 11) is 0. The second-order valence-electron chi connectivity index (χ2n) is 7.41. The van der Waals surface area contributed by atoms with Crippen molar-refractivity contribution in [1.29, 1.82) is 5.26 Å². The second kappa shape index (κ2) is 9.11. The van der Waals surface area contributed by atoms with Gasteiger partial charge in [0.25, 0.3) is 5.91 Å². The Labute approximate surface area is 190 Å². The molecule has 0 radical (unpaired) electrons. The lowest BCUT2D eigenvalue weighted by atomic mass is 9.96. The Bertz CT molecular complexity index is 1070. The van der Waals surface area contributed by atoms with Gasteiger partial charge in [-0.05, 0) is 42.3 Å². The monoisotopic (exact) mass is 454 g/mol. The van der Waals surface area contributed by atoms with Crippen LogP contribution in [-0.2, 0) is 0 Å². The molecule has 158 valence electrons. The molecule has 0 aliphatic carbocycles. The number of hydrogen-bond acceptors (Lipinski definition) is 5. The van der Waals surface area contributed by atoms with Crippen LogP contribution < -0.4 is 0 Å². The van der Waals surface area contributed by atoms with Gasteiger partial charge < -0.3 is 9.42 Å². The van der Waals surface area contributed by atoms with E-state index in [2.05, 4.69) is 10.1 Å². The summed E-state index contributed by atoms with van der Waals surface area (Å²) in [5.74, 6) is 0.0811. The molecule has 0 atom stereocenters. The molecule has 2 heterocycles. The number of aryl methyl sites for hydroxylation is 1. The zero-order valence-corrected chi connectivity index (χ0v) is 18.4. The standard InChI is InChI=1S/C23H20Cl2N4O2/c1-15-20(14-26)21(27-31-15)23(30)29-12-10-28(11-13-29)22(16-2-6-18(24)7-3-16)17-4-8-19(25)9-5-17/h2-9,22H,10-13H2,1H3. The van der Waals surface area contributed by atoms with E-state index in [0.29, 0.717) is 42.0 Å². The summed E-state index contributed by atoms with van der Waals surface area (Å²) < 4.78 is 5.04. The van der Waals surface area contributed by atoms with Crippen LogP contribution in [-0.4, -0.2) is 47.0 Å². The molecular formula is C23H20Cl2N4O2. The number of aromatic nitrogens is 1. The molecule has 1 aliphatic heterocycles. The van der Waals surface area contributed by atoms with Crippen molar-refractivity contribution < 1.29 is 9.32 Å². The molecule has 4 rings (SSSR count). The van der Waals surface area contributed by atoms with Gasteiger partial charge in [0.2, 0.25) is 0 Å². The predicted molar refractivity (Wildman–Crippen MR) is 118 cm³/mol. The Kier molecular flexibility index (Phi) is 6.28. The number of benzene rings is 2. The number of hydrogen-bond donors (Lipinski definition) is 0. The van der Waals surface area contributed by atoms with Gasteiger partial charge in [-0.25, -0.2) is 0 Å². The first-order valence-electron chi connectivity index (χ1n) is 9.88. The highest BCUT2D eigenvalue weighted by Gasteiger charge is 2.31. The van der Waals surface area contributed by atoms with Gasteiger partial charge in [0.15, 0.2) is 11.5 Å². The molecule has 1 saturated heterocycles. The number of carbonyl (C=O) groups excluding carboxylic acids is 1. The number of carbonyl (C=O) groups is 1. The summed E-state index contributed by atoms with van der Waals surface area (Å²) in [6.45, 7) is 4.00. The first kappa shape index (κ1) is 21.4. The van der Waals surface area contributed by atoms with Crippen molar-refractivity contribution >= 4 is 29.1 Å². The normalized spacial score (nSPS) is 14.6. The van der Waals surface area contributed by atoms with Gasteiger partial charge in [0, 0.05) is 36.2 Å². The molecule has 3 aromatic rings. The topological polar surface area (TPSA) is 73.4 Å². The van der Waals surface area contributed by atoms with Gasteiger partial charge >= 0.3 is 0 Å². The van der Waals surface area contributed by atoms with Gasteiger partial charge in [-0.3, -0.25) is 9.69 Å². The third-order valence-electron chi connectivity index (χ3n) is 5.52. The molecule has 1 amide bonds. The number of amides is 1. The van der Waals surface area contributed by atoms with E-state index in [4.69, 9.17) is 27.7 Å². The van der Waals surface area contributed by atoms with E-state index in [0.717, 1.165) is 11.1 Å². The average molecular weight is 455 g/mol. The van der Waals surface area contributed by atoms with Gasteiger partial charge in [0.1, 0.15) is 11.6 Å². The Morgan fingerprint density at radius 1 is 1.00 bits per heavy atom. The first-order chi connectivity index (χ1) is 15.0. The van der Waals surface area contributed by atoms with Crippen LogP contribution in [0.1, 0.15) is 39.0 Å². The lowest BCUT2D eigenvalue weighted by Gasteiger charge is -2.39. The van der Waals surface area contributed by atoms with Gasteiger partial charge in [-0.15, -0.1) is 0 Å². The highest BCUT2D eigenvalue weighted by molar-refractivity contribution is 6.30. The molecule has 0 N–H and O–H groups in total. The molecule has 0 spiro atoms. The quantitative estimate of drug-likeness (QED) is 0.570. The zero-order chi connectivity index (χ0) is 22.0. The minimum Gasteiger partial charge on any atom is -0.359 e. The van der Waals surface area contributed by atoms with Crippen molar-refractivity contribution in [2.24, 2.45) is 0 Å². The van der Waals surface area contributed by atoms with E-state index < -0.39 is 0 Å². The fourth-order valence-electron chi connectivity index (χ4n) is 3.89. The van der Waals surface area contributed by atoms with E-state index in [1.54, 1.807) is 11.8 Å². The summed E-state index contributed by atoms with van der Waals surface area (Å²) in [6.07, 6.45) is 0. The maximum atomic E-state index is 12.9. The minimum atomic E-state index is -0.275. The van der Waals surface area contributed by atoms with E-state index in [-0.39, 0.29) is 23.2 Å². The van der Waals surface area contributed by atoms with Gasteiger partial charge in [-0.2, -0.15) is 5.26 Å². The smallest absolute Gasteiger partial charge is 0.277 e. The summed E-state index contributed by atoms with van der Waals surface area (Å²) >= 11 is 12.2. The lowest BCUT2D eigenvalue weighted by molar-refractivity contribution is 0.0587. The van der Waals surface area contributed by atoms with Crippen molar-refractivity contribution in [2.45, 2.75) is 13.0 Å². The zero-order valence-electron chi connectivity index (χ0n) is 16.9. The fraction of sp³-hybridized carbons (Fsp3) is 0.261. The molecule has 1 aromatic heterocycles. The van der Waals surface area contributed by atoms with Crippen LogP contribution in [0.4, 0.5) is 0 Å². The second-order valence-corrected chi connectivity index (χ2v) is 8.28. The molecule has 1 aliphatic rings. The molecule has 2 aromatic carbocycles. The summed E-state index contributed by atoms with van der Waals surface area (Å²) in [5.41, 5.74) is 2.52. The van der Waals surface area contributed by atoms with Crippen molar-refractivity contribution in [1.82, 2.24) is 15.0 Å². The van der Waals surface area contributed by atoms with Gasteiger partial charge in [0.05, 0.1) is 6.04 Å². The largest absolute Gasteiger partial charge is 0.359 e. The summed E-state index contributed by atoms with van der Waals surface area (Å²) in [6, 6.07) is 17.7. The molecule has 31 heavy (non-hydrogen) atoms. The van der Waals surface area contributed by atoms with Crippen LogP contribution in [0.5, 0.6) is 0 Å². The highest BCUT2D eigenvalue weighted by atomic mass is 35.5. The third-order valence-corrected chi connectivity index (χ3v) is 6.02. The van der Waals surface area contributed by atoms with E-state index in [1.165, 1.54) is 0 Å². The fourth-order valence-corrected chi connectivity index (χ4v) is 4.14. The van der Waals surface area contributed by atoms with Crippen LogP contribution in [0.25, 0.3) is 0 Å². The Morgan fingerprint density at radius 2 is 1.52 bits per heavy atom. The number of nitriles is 1. The molecular weight excluding hydrogens is 435 g/mol. The number of rotatable bonds is 4. The van der Waals surface area contributed by atoms with Gasteiger partial charge in [-0.1, -0.05) is 52.6 Å². The average Bonchev–Trinajstić information content (AvgIpc) is 3.17. The molecule has 1 fully saturated rings. The Balaban J connectivity index is 1.55. The molecule has 6 nitrogen and oxygen atoms in total. The number of halogens is 2. The third kappa shape index (κ3) is 4.45. The maximum Gasteiger partial charge on any atom is 0.277 e. The van der Waals surface area contributed by atoms with Crippen molar-refractivity contribution in [3.63, 3.8) is 0 Å². The van der Waals surface area contributed by atoms with E-state index in [1.807, 2.05) is 54.6 Å². The first-order valence-corrected chi connectivity index (χ1v) is 10.6. The lowest BCUT2D eigenvalue weighted by Crippen LogP contribution is -2.50. The van der Waals surface area contributed by atoms with E-state index >= 15 is 0 Å². The highest BCUT2D eigenvalue weighted by Crippen LogP contribution is 2.31. The molecule has 0 bridgehead atoms. The molecule has 8 heteroatoms. The summed E-state index contributed by atoms with van der Waals surface area (Å²) in [4.78, 5) is 16.9. The Morgan fingerprint density at radius 3 is 2.00 bits per heavy atom. The number of piperazine rings is 1. The van der Waals surface area contributed by atoms with Crippen molar-refractivity contribution in [3.8, 4) is 6.07 Å².